The standard InChI is InChI=1S/C12H24N2S/c1-11-9-14(7-4-6-13-11)10-12-5-2-3-8-15-12/h11-13H,2-10H2,1H3. The summed E-state index contributed by atoms with van der Waals surface area (Å²) >= 11 is 2.20. The molecule has 2 rings (SSSR count). The fraction of sp³-hybridized carbons (Fsp3) is 1.00. The number of nitrogens with one attached hydrogen (secondary N) is 1. The van der Waals surface area contributed by atoms with Crippen molar-refractivity contribution in [3.8, 4) is 0 Å². The maximum atomic E-state index is 3.56. The minimum atomic E-state index is 0.682. The predicted molar refractivity (Wildman–Crippen MR) is 68.6 cm³/mol. The molecular weight excluding hydrogens is 204 g/mol. The highest BCUT2D eigenvalue weighted by molar-refractivity contribution is 7.99. The van der Waals surface area contributed by atoms with Gasteiger partial charge in [-0.05, 0) is 45.0 Å². The first-order chi connectivity index (χ1) is 7.34. The second-order valence-electron chi connectivity index (χ2n) is 4.96. The summed E-state index contributed by atoms with van der Waals surface area (Å²) in [6, 6.07) is 0.682. The minimum Gasteiger partial charge on any atom is -0.313 e. The van der Waals surface area contributed by atoms with E-state index >= 15 is 0 Å². The fourth-order valence-electron chi connectivity index (χ4n) is 2.60. The summed E-state index contributed by atoms with van der Waals surface area (Å²) in [4.78, 5) is 2.67. The third-order valence-electron chi connectivity index (χ3n) is 3.41. The summed E-state index contributed by atoms with van der Waals surface area (Å²) in [6.45, 7) is 7.39. The number of thioether (sulfide) groups is 1. The van der Waals surface area contributed by atoms with Gasteiger partial charge < -0.3 is 10.2 Å². The average molecular weight is 228 g/mol. The lowest BCUT2D eigenvalue weighted by Gasteiger charge is -2.29. The van der Waals surface area contributed by atoms with Gasteiger partial charge in [-0.2, -0.15) is 11.8 Å². The van der Waals surface area contributed by atoms with E-state index < -0.39 is 0 Å². The highest BCUT2D eigenvalue weighted by atomic mass is 32.2. The Kier molecular flexibility index (Phi) is 4.79. The Morgan fingerprint density at radius 1 is 1.33 bits per heavy atom. The van der Waals surface area contributed by atoms with Crippen molar-refractivity contribution < 1.29 is 0 Å². The smallest absolute Gasteiger partial charge is 0.0175 e. The highest BCUT2D eigenvalue weighted by Gasteiger charge is 2.20. The van der Waals surface area contributed by atoms with E-state index in [2.05, 4.69) is 28.9 Å². The maximum absolute atomic E-state index is 3.56. The van der Waals surface area contributed by atoms with E-state index in [1.807, 2.05) is 0 Å². The molecule has 2 aliphatic heterocycles. The van der Waals surface area contributed by atoms with Gasteiger partial charge in [0.1, 0.15) is 0 Å². The molecule has 0 saturated carbocycles. The van der Waals surface area contributed by atoms with Crippen molar-refractivity contribution in [1.29, 1.82) is 0 Å². The molecule has 2 unspecified atom stereocenters. The van der Waals surface area contributed by atoms with Crippen molar-refractivity contribution >= 4 is 11.8 Å². The van der Waals surface area contributed by atoms with Crippen LogP contribution in [0.2, 0.25) is 0 Å². The third kappa shape index (κ3) is 3.97. The molecule has 0 aromatic rings. The molecule has 2 heterocycles. The zero-order valence-corrected chi connectivity index (χ0v) is 10.7. The molecule has 15 heavy (non-hydrogen) atoms. The molecule has 0 aromatic heterocycles. The van der Waals surface area contributed by atoms with Gasteiger partial charge in [-0.3, -0.25) is 0 Å². The van der Waals surface area contributed by atoms with Crippen LogP contribution in [0.15, 0.2) is 0 Å². The quantitative estimate of drug-likeness (QED) is 0.778. The van der Waals surface area contributed by atoms with Gasteiger partial charge in [0.2, 0.25) is 0 Å². The first-order valence-corrected chi connectivity index (χ1v) is 7.47. The van der Waals surface area contributed by atoms with E-state index in [1.54, 1.807) is 0 Å². The van der Waals surface area contributed by atoms with Crippen molar-refractivity contribution in [2.45, 2.75) is 43.9 Å². The van der Waals surface area contributed by atoms with Gasteiger partial charge in [-0.25, -0.2) is 0 Å². The van der Waals surface area contributed by atoms with Gasteiger partial charge in [0.05, 0.1) is 0 Å². The second kappa shape index (κ2) is 6.12. The summed E-state index contributed by atoms with van der Waals surface area (Å²) in [5.41, 5.74) is 0. The maximum Gasteiger partial charge on any atom is 0.0175 e. The molecule has 0 radical (unpaired) electrons. The van der Waals surface area contributed by atoms with Crippen molar-refractivity contribution in [2.24, 2.45) is 0 Å². The number of hydrogen-bond donors (Lipinski definition) is 1. The molecule has 2 atom stereocenters. The van der Waals surface area contributed by atoms with Crippen LogP contribution < -0.4 is 5.32 Å². The van der Waals surface area contributed by atoms with E-state index in [4.69, 9.17) is 0 Å². The van der Waals surface area contributed by atoms with E-state index in [1.165, 1.54) is 57.6 Å². The van der Waals surface area contributed by atoms with E-state index in [0.717, 1.165) is 5.25 Å². The van der Waals surface area contributed by atoms with Gasteiger partial charge in [0, 0.05) is 24.4 Å². The van der Waals surface area contributed by atoms with E-state index in [-0.39, 0.29) is 0 Å². The van der Waals surface area contributed by atoms with Crippen LogP contribution in [0.1, 0.15) is 32.6 Å². The van der Waals surface area contributed by atoms with Gasteiger partial charge in [0.25, 0.3) is 0 Å². The van der Waals surface area contributed by atoms with Crippen molar-refractivity contribution in [2.75, 3.05) is 31.9 Å². The monoisotopic (exact) mass is 228 g/mol. The van der Waals surface area contributed by atoms with Crippen molar-refractivity contribution in [3.05, 3.63) is 0 Å². The SMILES string of the molecule is CC1CN(CC2CCCCS2)CCCN1. The number of nitrogens with zero attached hydrogens (tertiary/aromatic N) is 1. The van der Waals surface area contributed by atoms with Crippen LogP contribution in [0.25, 0.3) is 0 Å². The number of hydrogen-bond acceptors (Lipinski definition) is 3. The molecule has 0 spiro atoms. The third-order valence-corrected chi connectivity index (χ3v) is 4.79. The Balaban J connectivity index is 1.76. The first kappa shape index (κ1) is 11.7. The zero-order chi connectivity index (χ0) is 10.5. The summed E-state index contributed by atoms with van der Waals surface area (Å²) in [5, 5.41) is 4.48. The lowest BCUT2D eigenvalue weighted by molar-refractivity contribution is 0.269. The Bertz CT molecular complexity index is 180. The molecule has 88 valence electrons. The Morgan fingerprint density at radius 2 is 2.27 bits per heavy atom. The molecule has 2 nitrogen and oxygen atoms in total. The molecule has 0 aliphatic carbocycles. The van der Waals surface area contributed by atoms with E-state index in [9.17, 15) is 0 Å². The molecule has 0 aromatic carbocycles. The molecule has 2 aliphatic rings. The molecule has 1 N–H and O–H groups in total. The van der Waals surface area contributed by atoms with Crippen LogP contribution in [-0.2, 0) is 0 Å². The Morgan fingerprint density at radius 3 is 3.07 bits per heavy atom. The van der Waals surface area contributed by atoms with Crippen LogP contribution in [-0.4, -0.2) is 48.1 Å². The van der Waals surface area contributed by atoms with Gasteiger partial charge >= 0.3 is 0 Å². The highest BCUT2D eigenvalue weighted by Crippen LogP contribution is 2.25. The fourth-order valence-corrected chi connectivity index (χ4v) is 3.95. The molecular formula is C12H24N2S. The average Bonchev–Trinajstić information content (AvgIpc) is 2.44. The second-order valence-corrected chi connectivity index (χ2v) is 6.37. The number of rotatable bonds is 2. The lowest BCUT2D eigenvalue weighted by Crippen LogP contribution is -2.39. The zero-order valence-electron chi connectivity index (χ0n) is 9.87. The molecule has 0 amide bonds. The van der Waals surface area contributed by atoms with Crippen molar-refractivity contribution in [1.82, 2.24) is 10.2 Å². The topological polar surface area (TPSA) is 15.3 Å². The van der Waals surface area contributed by atoms with Crippen LogP contribution in [0.5, 0.6) is 0 Å². The lowest BCUT2D eigenvalue weighted by atomic mass is 10.1. The molecule has 2 saturated heterocycles. The largest absolute Gasteiger partial charge is 0.313 e. The van der Waals surface area contributed by atoms with Gasteiger partial charge in [0.15, 0.2) is 0 Å². The summed E-state index contributed by atoms with van der Waals surface area (Å²) in [5.74, 6) is 1.40. The van der Waals surface area contributed by atoms with Crippen molar-refractivity contribution in [3.63, 3.8) is 0 Å². The first-order valence-electron chi connectivity index (χ1n) is 6.42. The van der Waals surface area contributed by atoms with Gasteiger partial charge in [-0.1, -0.05) is 6.42 Å². The summed E-state index contributed by atoms with van der Waals surface area (Å²) in [6.07, 6.45) is 5.67. The Labute approximate surface area is 98.2 Å². The van der Waals surface area contributed by atoms with Gasteiger partial charge in [-0.15, -0.1) is 0 Å². The minimum absolute atomic E-state index is 0.682. The normalized spacial score (nSPS) is 35.0. The van der Waals surface area contributed by atoms with E-state index in [0.29, 0.717) is 6.04 Å². The predicted octanol–water partition coefficient (Wildman–Crippen LogP) is 1.96. The summed E-state index contributed by atoms with van der Waals surface area (Å²) < 4.78 is 0. The molecule has 3 heteroatoms. The Hall–Kier alpha value is 0.270. The van der Waals surface area contributed by atoms with Crippen LogP contribution in [0.3, 0.4) is 0 Å². The molecule has 0 bridgehead atoms. The van der Waals surface area contributed by atoms with Crippen LogP contribution in [0, 0.1) is 0 Å². The summed E-state index contributed by atoms with van der Waals surface area (Å²) in [7, 11) is 0. The molecule has 2 fully saturated rings. The van der Waals surface area contributed by atoms with Crippen LogP contribution >= 0.6 is 11.8 Å². The van der Waals surface area contributed by atoms with Crippen LogP contribution in [0.4, 0.5) is 0 Å².